The number of thiophene rings is 1. The van der Waals surface area contributed by atoms with E-state index in [1.165, 1.54) is 49.4 Å². The van der Waals surface area contributed by atoms with E-state index in [-0.39, 0.29) is 11.7 Å². The maximum atomic E-state index is 13.1. The van der Waals surface area contributed by atoms with Gasteiger partial charge in [0, 0.05) is 15.1 Å². The van der Waals surface area contributed by atoms with Crippen LogP contribution in [0.5, 0.6) is 17.2 Å². The maximum Gasteiger partial charge on any atom is 0.281 e. The Morgan fingerprint density at radius 3 is 2.41 bits per heavy atom. The fraction of sp³-hybridized carbons (Fsp3) is 0.238. The molecule has 168 valence electrons. The van der Waals surface area contributed by atoms with Gasteiger partial charge in [-0.3, -0.25) is 15.0 Å². The van der Waals surface area contributed by atoms with Gasteiger partial charge in [0.05, 0.1) is 32.1 Å². The molecule has 1 aromatic heterocycles. The molecule has 3 aromatic rings. The molecule has 1 atom stereocenters. The number of carbonyl (C=O) groups excluding carboxylic acids is 2. The largest absolute Gasteiger partial charge is 0.493 e. The van der Waals surface area contributed by atoms with Crippen molar-refractivity contribution in [2.24, 2.45) is 0 Å². The number of amides is 2. The quantitative estimate of drug-likeness (QED) is 0.491. The molecule has 2 amide bonds. The van der Waals surface area contributed by atoms with Crippen LogP contribution in [-0.4, -0.2) is 43.9 Å². The molecule has 1 saturated heterocycles. The van der Waals surface area contributed by atoms with Gasteiger partial charge in [-0.05, 0) is 35.9 Å². The van der Waals surface area contributed by atoms with E-state index in [0.29, 0.717) is 43.1 Å². The van der Waals surface area contributed by atoms with Crippen molar-refractivity contribution in [3.63, 3.8) is 0 Å². The summed E-state index contributed by atoms with van der Waals surface area (Å²) >= 11 is 15.1. The summed E-state index contributed by atoms with van der Waals surface area (Å²) < 4.78 is 17.0. The first kappa shape index (κ1) is 22.8. The fourth-order valence-electron chi connectivity index (χ4n) is 3.38. The van der Waals surface area contributed by atoms with Crippen LogP contribution >= 0.6 is 46.3 Å². The molecule has 1 aliphatic heterocycles. The van der Waals surface area contributed by atoms with Crippen molar-refractivity contribution in [1.29, 1.82) is 0 Å². The smallest absolute Gasteiger partial charge is 0.281 e. The van der Waals surface area contributed by atoms with Crippen LogP contribution in [-0.2, 0) is 4.79 Å². The van der Waals surface area contributed by atoms with Crippen LogP contribution in [0.1, 0.15) is 20.6 Å². The zero-order valence-electron chi connectivity index (χ0n) is 17.2. The Hall–Kier alpha value is -2.33. The van der Waals surface area contributed by atoms with Crippen molar-refractivity contribution in [1.82, 2.24) is 10.4 Å². The van der Waals surface area contributed by atoms with Gasteiger partial charge in [0.25, 0.3) is 11.8 Å². The third-order valence-electron chi connectivity index (χ3n) is 4.86. The van der Waals surface area contributed by atoms with E-state index in [1.54, 1.807) is 30.3 Å². The van der Waals surface area contributed by atoms with E-state index < -0.39 is 11.3 Å². The van der Waals surface area contributed by atoms with E-state index in [2.05, 4.69) is 5.43 Å². The monoisotopic (exact) mass is 512 g/mol. The summed E-state index contributed by atoms with van der Waals surface area (Å²) in [5, 5.41) is 2.34. The third kappa shape index (κ3) is 4.05. The molecule has 0 bridgehead atoms. The van der Waals surface area contributed by atoms with Gasteiger partial charge in [-0.2, -0.15) is 0 Å². The summed E-state index contributed by atoms with van der Waals surface area (Å²) in [5.74, 6) is 0.856. The summed E-state index contributed by atoms with van der Waals surface area (Å²) in [5.41, 5.74) is 3.43. The molecular formula is C21H18Cl2N2O5S2. The Bertz CT molecular complexity index is 1190. The van der Waals surface area contributed by atoms with E-state index in [1.807, 2.05) is 0 Å². The number of ether oxygens (including phenoxy) is 3. The highest BCUT2D eigenvalue weighted by molar-refractivity contribution is 8.00. The van der Waals surface area contributed by atoms with Gasteiger partial charge in [0.2, 0.25) is 5.75 Å². The number of benzene rings is 2. The maximum absolute atomic E-state index is 13.1. The average Bonchev–Trinajstić information content (AvgIpc) is 3.32. The van der Waals surface area contributed by atoms with Gasteiger partial charge in [-0.1, -0.05) is 23.2 Å². The van der Waals surface area contributed by atoms with Crippen molar-refractivity contribution in [3.05, 3.63) is 50.8 Å². The number of halogens is 2. The lowest BCUT2D eigenvalue weighted by Crippen LogP contribution is -2.44. The highest BCUT2D eigenvalue weighted by Gasteiger charge is 2.36. The van der Waals surface area contributed by atoms with Gasteiger partial charge in [0.15, 0.2) is 11.5 Å². The van der Waals surface area contributed by atoms with Crippen molar-refractivity contribution < 1.29 is 23.8 Å². The molecular weight excluding hydrogens is 495 g/mol. The summed E-state index contributed by atoms with van der Waals surface area (Å²) in [6.45, 7) is 0. The first-order chi connectivity index (χ1) is 15.4. The van der Waals surface area contributed by atoms with Crippen LogP contribution in [0.2, 0.25) is 10.0 Å². The molecule has 0 saturated carbocycles. The van der Waals surface area contributed by atoms with E-state index in [0.717, 1.165) is 4.70 Å². The lowest BCUT2D eigenvalue weighted by Gasteiger charge is -2.25. The predicted octanol–water partition coefficient (Wildman–Crippen LogP) is 5.15. The van der Waals surface area contributed by atoms with Crippen LogP contribution in [0.25, 0.3) is 10.1 Å². The van der Waals surface area contributed by atoms with E-state index >= 15 is 0 Å². The number of methoxy groups -OCH3 is 3. The van der Waals surface area contributed by atoms with Gasteiger partial charge in [-0.25, -0.2) is 5.01 Å². The minimum Gasteiger partial charge on any atom is -0.493 e. The molecule has 1 aliphatic rings. The van der Waals surface area contributed by atoms with Crippen LogP contribution in [0.3, 0.4) is 0 Å². The van der Waals surface area contributed by atoms with Gasteiger partial charge in [-0.15, -0.1) is 23.1 Å². The molecule has 0 aliphatic carbocycles. The van der Waals surface area contributed by atoms with E-state index in [9.17, 15) is 9.59 Å². The van der Waals surface area contributed by atoms with Crippen LogP contribution in [0.15, 0.2) is 30.3 Å². The topological polar surface area (TPSA) is 77.1 Å². The Morgan fingerprint density at radius 2 is 1.78 bits per heavy atom. The molecule has 2 heterocycles. The second-order valence-corrected chi connectivity index (χ2v) is 9.65. The van der Waals surface area contributed by atoms with Crippen molar-refractivity contribution in [3.8, 4) is 17.2 Å². The summed E-state index contributed by atoms with van der Waals surface area (Å²) in [6, 6.07) is 8.76. The standard InChI is InChI=1S/C21H18Cl2N2O5S2/c1-28-13-6-10(7-14(29-2)18(13)30-3)21-25(16(26)9-31-21)24-20(27)19-17(23)12-8-11(22)4-5-15(12)32-19/h4-8,21H,9H2,1-3H3,(H,24,27). The molecule has 4 rings (SSSR count). The zero-order valence-corrected chi connectivity index (χ0v) is 20.4. The third-order valence-corrected chi connectivity index (χ3v) is 7.98. The van der Waals surface area contributed by atoms with Crippen LogP contribution in [0.4, 0.5) is 0 Å². The average molecular weight is 513 g/mol. The SMILES string of the molecule is COc1cc(C2SCC(=O)N2NC(=O)c2sc3ccc(Cl)cc3c2Cl)cc(OC)c1OC. The Morgan fingerprint density at radius 1 is 1.09 bits per heavy atom. The lowest BCUT2D eigenvalue weighted by molar-refractivity contribution is -0.130. The van der Waals surface area contributed by atoms with Gasteiger partial charge < -0.3 is 14.2 Å². The summed E-state index contributed by atoms with van der Waals surface area (Å²) in [7, 11) is 4.55. The molecule has 32 heavy (non-hydrogen) atoms. The van der Waals surface area contributed by atoms with Gasteiger partial charge in [0.1, 0.15) is 10.3 Å². The Balaban J connectivity index is 1.66. The molecule has 1 fully saturated rings. The number of fused-ring (bicyclic) bond motifs is 1. The number of nitrogens with zero attached hydrogens (tertiary/aromatic N) is 1. The van der Waals surface area contributed by atoms with Gasteiger partial charge >= 0.3 is 0 Å². The Labute approximate surface area is 202 Å². The predicted molar refractivity (Wildman–Crippen MR) is 127 cm³/mol. The van der Waals surface area contributed by atoms with E-state index in [4.69, 9.17) is 37.4 Å². The number of carbonyl (C=O) groups is 2. The molecule has 1 N–H and O–H groups in total. The molecule has 0 spiro atoms. The zero-order chi connectivity index (χ0) is 23.0. The van der Waals surface area contributed by atoms with Crippen molar-refractivity contribution in [2.75, 3.05) is 27.1 Å². The number of hydrogen-bond donors (Lipinski definition) is 1. The molecule has 11 heteroatoms. The fourth-order valence-corrected chi connectivity index (χ4v) is 6.02. The van der Waals surface area contributed by atoms with Crippen LogP contribution in [0, 0.1) is 0 Å². The second kappa shape index (κ2) is 9.27. The minimum absolute atomic E-state index is 0.206. The first-order valence-corrected chi connectivity index (χ1v) is 11.9. The number of nitrogens with one attached hydrogen (secondary N) is 1. The second-order valence-electron chi connectivity index (χ2n) is 6.71. The van der Waals surface area contributed by atoms with Crippen molar-refractivity contribution in [2.45, 2.75) is 5.37 Å². The normalized spacial score (nSPS) is 15.8. The number of rotatable bonds is 6. The van der Waals surface area contributed by atoms with Crippen LogP contribution < -0.4 is 19.6 Å². The summed E-state index contributed by atoms with van der Waals surface area (Å²) in [4.78, 5) is 26.0. The highest BCUT2D eigenvalue weighted by atomic mass is 35.5. The number of hydrogen-bond acceptors (Lipinski definition) is 7. The van der Waals surface area contributed by atoms with Crippen molar-refractivity contribution >= 4 is 68.2 Å². The Kier molecular flexibility index (Phi) is 6.62. The summed E-state index contributed by atoms with van der Waals surface area (Å²) in [6.07, 6.45) is 0. The minimum atomic E-state index is -0.484. The lowest BCUT2D eigenvalue weighted by atomic mass is 10.1. The highest BCUT2D eigenvalue weighted by Crippen LogP contribution is 2.45. The molecule has 2 aromatic carbocycles. The molecule has 7 nitrogen and oxygen atoms in total. The first-order valence-electron chi connectivity index (χ1n) is 9.30. The number of thioether (sulfide) groups is 1. The molecule has 1 unspecified atom stereocenters. The number of hydrazine groups is 1. The molecule has 0 radical (unpaired) electrons.